The molecule has 0 fully saturated rings. The lowest BCUT2D eigenvalue weighted by Crippen LogP contribution is -2.35. The van der Waals surface area contributed by atoms with Crippen LogP contribution in [0.25, 0.3) is 0 Å². The lowest BCUT2D eigenvalue weighted by molar-refractivity contribution is -0.148. The zero-order valence-electron chi connectivity index (χ0n) is 11.9. The number of halogens is 5. The van der Waals surface area contributed by atoms with Gasteiger partial charge in [-0.15, -0.1) is 0 Å². The summed E-state index contributed by atoms with van der Waals surface area (Å²) in [5.74, 6) is -4.39. The standard InChI is InChI=1S/C13H17ClF4N2O/c1-12(2,3)20-5-8-4-10(19-6-9(8)14)21-7-13(17,18)11(15)16/h4,6,11,20H,5,7H2,1-3H3. The minimum atomic E-state index is -4.22. The van der Waals surface area contributed by atoms with Crippen LogP contribution in [0.15, 0.2) is 12.3 Å². The van der Waals surface area contributed by atoms with E-state index in [4.69, 9.17) is 11.6 Å². The Morgan fingerprint density at radius 2 is 1.95 bits per heavy atom. The summed E-state index contributed by atoms with van der Waals surface area (Å²) in [5.41, 5.74) is 0.410. The van der Waals surface area contributed by atoms with Gasteiger partial charge in [-0.2, -0.15) is 8.78 Å². The second-order valence-electron chi connectivity index (χ2n) is 5.57. The van der Waals surface area contributed by atoms with Crippen molar-refractivity contribution in [2.45, 2.75) is 45.2 Å². The largest absolute Gasteiger partial charge is 0.471 e. The number of ether oxygens (including phenoxy) is 1. The number of alkyl halides is 4. The van der Waals surface area contributed by atoms with Crippen LogP contribution in [0.3, 0.4) is 0 Å². The SMILES string of the molecule is CC(C)(C)NCc1cc(OCC(F)(F)C(F)F)ncc1Cl. The van der Waals surface area contributed by atoms with Gasteiger partial charge in [-0.25, -0.2) is 13.8 Å². The van der Waals surface area contributed by atoms with Crippen molar-refractivity contribution in [3.63, 3.8) is 0 Å². The molecule has 0 aliphatic heterocycles. The molecule has 1 aromatic heterocycles. The number of nitrogens with one attached hydrogen (secondary N) is 1. The maximum Gasteiger partial charge on any atom is 0.340 e. The third-order valence-corrected chi connectivity index (χ3v) is 2.79. The minimum absolute atomic E-state index is 0.170. The zero-order valence-corrected chi connectivity index (χ0v) is 12.6. The summed E-state index contributed by atoms with van der Waals surface area (Å²) in [5, 5.41) is 3.49. The molecule has 21 heavy (non-hydrogen) atoms. The molecule has 0 aromatic carbocycles. The van der Waals surface area contributed by atoms with Crippen molar-refractivity contribution in [2.24, 2.45) is 0 Å². The van der Waals surface area contributed by atoms with Crippen molar-refractivity contribution in [1.82, 2.24) is 10.3 Å². The summed E-state index contributed by atoms with van der Waals surface area (Å²) in [6, 6.07) is 1.35. The molecule has 0 bridgehead atoms. The lowest BCUT2D eigenvalue weighted by atomic mass is 10.1. The molecule has 0 saturated heterocycles. The van der Waals surface area contributed by atoms with Gasteiger partial charge in [0.15, 0.2) is 6.61 Å². The van der Waals surface area contributed by atoms with Gasteiger partial charge >= 0.3 is 12.3 Å². The molecule has 1 rings (SSSR count). The molecule has 3 nitrogen and oxygen atoms in total. The van der Waals surface area contributed by atoms with Gasteiger partial charge in [-0.1, -0.05) is 11.6 Å². The first kappa shape index (κ1) is 18.0. The minimum Gasteiger partial charge on any atom is -0.471 e. The predicted octanol–water partition coefficient (Wildman–Crippen LogP) is 3.90. The smallest absolute Gasteiger partial charge is 0.340 e. The molecule has 0 spiro atoms. The van der Waals surface area contributed by atoms with Gasteiger partial charge < -0.3 is 10.1 Å². The first-order valence-electron chi connectivity index (χ1n) is 6.19. The maximum atomic E-state index is 12.8. The van der Waals surface area contributed by atoms with E-state index in [0.29, 0.717) is 17.1 Å². The fraction of sp³-hybridized carbons (Fsp3) is 0.615. The molecule has 0 unspecified atom stereocenters. The highest BCUT2D eigenvalue weighted by molar-refractivity contribution is 6.31. The molecule has 1 aromatic rings. The molecule has 0 radical (unpaired) electrons. The fourth-order valence-corrected chi connectivity index (χ4v) is 1.44. The van der Waals surface area contributed by atoms with Crippen molar-refractivity contribution in [1.29, 1.82) is 0 Å². The monoisotopic (exact) mass is 328 g/mol. The van der Waals surface area contributed by atoms with Crippen LogP contribution in [0.5, 0.6) is 5.88 Å². The summed E-state index contributed by atoms with van der Waals surface area (Å²) >= 11 is 5.94. The fourth-order valence-electron chi connectivity index (χ4n) is 1.27. The second kappa shape index (κ2) is 6.79. The zero-order chi connectivity index (χ0) is 16.3. The number of aromatic nitrogens is 1. The van der Waals surface area contributed by atoms with E-state index in [1.165, 1.54) is 12.3 Å². The number of pyridine rings is 1. The van der Waals surface area contributed by atoms with E-state index in [2.05, 4.69) is 15.0 Å². The molecule has 0 atom stereocenters. The number of rotatable bonds is 6. The van der Waals surface area contributed by atoms with Crippen LogP contribution in [0.1, 0.15) is 26.3 Å². The van der Waals surface area contributed by atoms with Crippen LogP contribution in [-0.2, 0) is 6.54 Å². The van der Waals surface area contributed by atoms with E-state index in [0.717, 1.165) is 0 Å². The molecule has 0 saturated carbocycles. The van der Waals surface area contributed by atoms with Crippen LogP contribution < -0.4 is 10.1 Å². The molecule has 120 valence electrons. The third kappa shape index (κ3) is 6.05. The van der Waals surface area contributed by atoms with Crippen LogP contribution in [0.2, 0.25) is 5.02 Å². The Morgan fingerprint density at radius 1 is 1.33 bits per heavy atom. The molecular formula is C13H17ClF4N2O. The van der Waals surface area contributed by atoms with Crippen molar-refractivity contribution >= 4 is 11.6 Å². The average molecular weight is 329 g/mol. The molecule has 0 aliphatic rings. The van der Waals surface area contributed by atoms with Crippen molar-refractivity contribution in [2.75, 3.05) is 6.61 Å². The molecule has 8 heteroatoms. The normalized spacial score (nSPS) is 12.8. The molecule has 0 amide bonds. The Kier molecular flexibility index (Phi) is 5.81. The summed E-state index contributed by atoms with van der Waals surface area (Å²) in [4.78, 5) is 3.69. The predicted molar refractivity (Wildman–Crippen MR) is 72.3 cm³/mol. The second-order valence-corrected chi connectivity index (χ2v) is 5.98. The van der Waals surface area contributed by atoms with Gasteiger partial charge in [-0.3, -0.25) is 0 Å². The molecule has 1 heterocycles. The highest BCUT2D eigenvalue weighted by Gasteiger charge is 2.41. The van der Waals surface area contributed by atoms with E-state index in [-0.39, 0.29) is 11.4 Å². The van der Waals surface area contributed by atoms with Crippen molar-refractivity contribution in [3.05, 3.63) is 22.8 Å². The summed E-state index contributed by atoms with van der Waals surface area (Å²) in [6.45, 7) is 4.77. The first-order chi connectivity index (χ1) is 9.51. The highest BCUT2D eigenvalue weighted by Crippen LogP contribution is 2.25. The van der Waals surface area contributed by atoms with Crippen molar-refractivity contribution < 1.29 is 22.3 Å². The van der Waals surface area contributed by atoms with Gasteiger partial charge in [0.2, 0.25) is 5.88 Å². The van der Waals surface area contributed by atoms with E-state index in [9.17, 15) is 17.6 Å². The quantitative estimate of drug-likeness (QED) is 0.804. The van der Waals surface area contributed by atoms with E-state index in [1.54, 1.807) is 0 Å². The summed E-state index contributed by atoms with van der Waals surface area (Å²) < 4.78 is 54.2. The Labute approximate surface area is 125 Å². The molecular weight excluding hydrogens is 312 g/mol. The topological polar surface area (TPSA) is 34.1 Å². The highest BCUT2D eigenvalue weighted by atomic mass is 35.5. The van der Waals surface area contributed by atoms with Crippen LogP contribution in [-0.4, -0.2) is 29.5 Å². The van der Waals surface area contributed by atoms with Gasteiger partial charge in [0.1, 0.15) is 0 Å². The molecule has 0 aliphatic carbocycles. The summed E-state index contributed by atoms with van der Waals surface area (Å²) in [6.07, 6.45) is -2.55. The van der Waals surface area contributed by atoms with E-state index >= 15 is 0 Å². The van der Waals surface area contributed by atoms with E-state index in [1.807, 2.05) is 20.8 Å². The lowest BCUT2D eigenvalue weighted by Gasteiger charge is -2.21. The average Bonchev–Trinajstić information content (AvgIpc) is 2.35. The Bertz CT molecular complexity index is 478. The van der Waals surface area contributed by atoms with Crippen molar-refractivity contribution in [3.8, 4) is 5.88 Å². The number of hydrogen-bond acceptors (Lipinski definition) is 3. The number of hydrogen-bond donors (Lipinski definition) is 1. The van der Waals surface area contributed by atoms with Gasteiger partial charge in [-0.05, 0) is 26.3 Å². The maximum absolute atomic E-state index is 12.8. The van der Waals surface area contributed by atoms with Gasteiger partial charge in [0.25, 0.3) is 0 Å². The first-order valence-corrected chi connectivity index (χ1v) is 6.57. The Morgan fingerprint density at radius 3 is 2.48 bits per heavy atom. The van der Waals surface area contributed by atoms with Crippen LogP contribution >= 0.6 is 11.6 Å². The van der Waals surface area contributed by atoms with Gasteiger partial charge in [0, 0.05) is 24.3 Å². The summed E-state index contributed by atoms with van der Waals surface area (Å²) in [7, 11) is 0. The van der Waals surface area contributed by atoms with E-state index < -0.39 is 19.0 Å². The Hall–Kier alpha value is -1.08. The number of nitrogens with zero attached hydrogens (tertiary/aromatic N) is 1. The Balaban J connectivity index is 2.73. The molecule has 1 N–H and O–H groups in total. The third-order valence-electron chi connectivity index (χ3n) is 2.45. The van der Waals surface area contributed by atoms with Gasteiger partial charge in [0.05, 0.1) is 5.02 Å². The van der Waals surface area contributed by atoms with Crippen LogP contribution in [0.4, 0.5) is 17.6 Å². The van der Waals surface area contributed by atoms with Crippen LogP contribution in [0, 0.1) is 0 Å².